The molecule has 4 heteroatoms. The lowest BCUT2D eigenvalue weighted by Gasteiger charge is -2.02. The molecule has 3 rings (SSSR count). The van der Waals surface area contributed by atoms with E-state index in [0.717, 1.165) is 22.0 Å². The van der Waals surface area contributed by atoms with Crippen molar-refractivity contribution in [2.45, 2.75) is 6.54 Å². The van der Waals surface area contributed by atoms with E-state index in [1.807, 2.05) is 24.3 Å². The average Bonchev–Trinajstić information content (AvgIpc) is 2.87. The molecule has 90 valence electrons. The highest BCUT2D eigenvalue weighted by atomic mass is 18.2. The van der Waals surface area contributed by atoms with Crippen LogP contribution < -0.4 is 0 Å². The van der Waals surface area contributed by atoms with Gasteiger partial charge in [-0.3, -0.25) is 0 Å². The maximum absolute atomic E-state index is 12.3. The summed E-state index contributed by atoms with van der Waals surface area (Å²) in [6.45, 7) is -0.184. The van der Waals surface area contributed by atoms with Crippen molar-refractivity contribution in [2.24, 2.45) is 0 Å². The zero-order chi connectivity index (χ0) is 12.4. The van der Waals surface area contributed by atoms with E-state index in [2.05, 4.69) is 28.5 Å². The van der Waals surface area contributed by atoms with Crippen LogP contribution in [0.15, 0.2) is 48.7 Å². The molecule has 0 amide bonds. The second-order valence-electron chi connectivity index (χ2n) is 4.08. The standard InChI is InChI=1S/C14H12FN3/c15-8-9-18-10-14(16-17-18)13-7-3-5-11-4-1-2-6-12(11)13/h1-7,10H,8-9H2/i15-1. The molecule has 0 unspecified atom stereocenters. The molecule has 0 aliphatic carbocycles. The third-order valence-corrected chi connectivity index (χ3v) is 2.92. The number of nitrogens with zero attached hydrogens (tertiary/aromatic N) is 3. The largest absolute Gasteiger partial charge is 0.249 e. The molecule has 1 heterocycles. The van der Waals surface area contributed by atoms with Crippen molar-refractivity contribution < 1.29 is 4.39 Å². The van der Waals surface area contributed by atoms with Crippen LogP contribution in [0.1, 0.15) is 0 Å². The Labute approximate surface area is 104 Å². The molecule has 1 aromatic heterocycles. The van der Waals surface area contributed by atoms with Gasteiger partial charge in [-0.2, -0.15) is 0 Å². The summed E-state index contributed by atoms with van der Waals surface area (Å²) in [6.07, 6.45) is 1.78. The van der Waals surface area contributed by atoms with Crippen LogP contribution in [0.4, 0.5) is 4.39 Å². The molecule has 2 aromatic carbocycles. The molecule has 0 radical (unpaired) electrons. The van der Waals surface area contributed by atoms with E-state index in [1.165, 1.54) is 4.68 Å². The van der Waals surface area contributed by atoms with E-state index in [1.54, 1.807) is 6.20 Å². The lowest BCUT2D eigenvalue weighted by Crippen LogP contribution is -1.99. The Kier molecular flexibility index (Phi) is 2.76. The van der Waals surface area contributed by atoms with E-state index < -0.39 is 6.67 Å². The minimum absolute atomic E-state index is 0.248. The summed E-state index contributed by atoms with van der Waals surface area (Å²) in [7, 11) is 0. The van der Waals surface area contributed by atoms with Crippen LogP contribution in [0.2, 0.25) is 0 Å². The highest BCUT2D eigenvalue weighted by Crippen LogP contribution is 2.26. The number of rotatable bonds is 3. The Morgan fingerprint density at radius 3 is 2.78 bits per heavy atom. The van der Waals surface area contributed by atoms with Crippen LogP contribution in [-0.4, -0.2) is 21.7 Å². The fourth-order valence-electron chi connectivity index (χ4n) is 2.07. The van der Waals surface area contributed by atoms with Crippen LogP contribution in [0.5, 0.6) is 0 Å². The lowest BCUT2D eigenvalue weighted by molar-refractivity contribution is 0.422. The van der Waals surface area contributed by atoms with E-state index in [4.69, 9.17) is 0 Å². The minimum Gasteiger partial charge on any atom is -0.249 e. The first kappa shape index (κ1) is 10.9. The summed E-state index contributed by atoms with van der Waals surface area (Å²) in [4.78, 5) is 0. The first-order chi connectivity index (χ1) is 8.88. The number of benzene rings is 2. The van der Waals surface area contributed by atoms with Gasteiger partial charge in [-0.15, -0.1) is 5.10 Å². The van der Waals surface area contributed by atoms with Gasteiger partial charge in [0, 0.05) is 5.56 Å². The van der Waals surface area contributed by atoms with Crippen molar-refractivity contribution >= 4 is 10.8 Å². The van der Waals surface area contributed by atoms with Crippen LogP contribution >= 0.6 is 0 Å². The van der Waals surface area contributed by atoms with Gasteiger partial charge in [-0.25, -0.2) is 9.07 Å². The third-order valence-electron chi connectivity index (χ3n) is 2.92. The predicted octanol–water partition coefficient (Wildman–Crippen LogP) is 3.07. The Morgan fingerprint density at radius 2 is 1.89 bits per heavy atom. The number of alkyl halides is 1. The van der Waals surface area contributed by atoms with Crippen molar-refractivity contribution in [2.75, 3.05) is 6.67 Å². The molecule has 18 heavy (non-hydrogen) atoms. The number of halogens is 1. The molecule has 0 fully saturated rings. The second-order valence-corrected chi connectivity index (χ2v) is 4.08. The number of fused-ring (bicyclic) bond motifs is 1. The van der Waals surface area contributed by atoms with Crippen LogP contribution in [-0.2, 0) is 6.54 Å². The predicted molar refractivity (Wildman–Crippen MR) is 68.9 cm³/mol. The average molecular weight is 240 g/mol. The van der Waals surface area contributed by atoms with E-state index >= 15 is 0 Å². The summed E-state index contributed by atoms with van der Waals surface area (Å²) >= 11 is 0. The number of hydrogen-bond donors (Lipinski definition) is 0. The van der Waals surface area contributed by atoms with Gasteiger partial charge in [0.05, 0.1) is 12.7 Å². The zero-order valence-corrected chi connectivity index (χ0v) is 9.75. The van der Waals surface area contributed by atoms with Gasteiger partial charge >= 0.3 is 0 Å². The van der Waals surface area contributed by atoms with Gasteiger partial charge in [-0.05, 0) is 10.8 Å². The number of hydrogen-bond acceptors (Lipinski definition) is 2. The highest BCUT2D eigenvalue weighted by Gasteiger charge is 2.07. The van der Waals surface area contributed by atoms with Crippen LogP contribution in [0, 0.1) is 0 Å². The van der Waals surface area contributed by atoms with Gasteiger partial charge < -0.3 is 0 Å². The molecular formula is C14H12FN3. The van der Waals surface area contributed by atoms with Gasteiger partial charge in [0.25, 0.3) is 0 Å². The summed E-state index contributed by atoms with van der Waals surface area (Å²) in [5.41, 5.74) is 1.80. The van der Waals surface area contributed by atoms with Gasteiger partial charge in [0.1, 0.15) is 12.4 Å². The maximum atomic E-state index is 12.3. The molecule has 3 nitrogen and oxygen atoms in total. The molecule has 0 atom stereocenters. The summed E-state index contributed by atoms with van der Waals surface area (Å²) in [6, 6.07) is 14.2. The monoisotopic (exact) mass is 240 g/mol. The van der Waals surface area contributed by atoms with Crippen molar-refractivity contribution in [1.82, 2.24) is 15.0 Å². The fraction of sp³-hybridized carbons (Fsp3) is 0.143. The van der Waals surface area contributed by atoms with Crippen molar-refractivity contribution in [3.63, 3.8) is 0 Å². The van der Waals surface area contributed by atoms with Crippen molar-refractivity contribution in [1.29, 1.82) is 0 Å². The van der Waals surface area contributed by atoms with Crippen LogP contribution in [0.3, 0.4) is 0 Å². The Bertz CT molecular complexity index is 670. The SMILES string of the molecule is [18F]CCn1cc(-c2cccc3ccccc23)nn1. The Hall–Kier alpha value is -2.23. The molecule has 0 aliphatic rings. The van der Waals surface area contributed by atoms with E-state index in [0.29, 0.717) is 0 Å². The smallest absolute Gasteiger partial charge is 0.113 e. The molecular weight excluding hydrogens is 228 g/mol. The molecule has 0 saturated carbocycles. The van der Waals surface area contributed by atoms with Crippen LogP contribution in [0.25, 0.3) is 22.0 Å². The second kappa shape index (κ2) is 4.56. The fourth-order valence-corrected chi connectivity index (χ4v) is 2.07. The number of aromatic nitrogens is 3. The zero-order valence-electron chi connectivity index (χ0n) is 9.75. The summed E-state index contributed by atoms with van der Waals surface area (Å²) in [5, 5.41) is 10.3. The molecule has 0 N–H and O–H groups in total. The van der Waals surface area contributed by atoms with Crippen molar-refractivity contribution in [3.05, 3.63) is 48.7 Å². The molecule has 3 aromatic rings. The molecule has 0 spiro atoms. The van der Waals surface area contributed by atoms with Gasteiger partial charge in [0.2, 0.25) is 0 Å². The first-order valence-electron chi connectivity index (χ1n) is 5.83. The Morgan fingerprint density at radius 1 is 1.06 bits per heavy atom. The summed E-state index contributed by atoms with van der Waals surface area (Å²) in [5.74, 6) is 0. The number of aryl methyl sites for hydroxylation is 1. The minimum atomic E-state index is -0.432. The molecule has 0 saturated heterocycles. The third kappa shape index (κ3) is 1.86. The topological polar surface area (TPSA) is 30.7 Å². The van der Waals surface area contributed by atoms with E-state index in [-0.39, 0.29) is 6.54 Å². The lowest BCUT2D eigenvalue weighted by atomic mass is 10.0. The maximum Gasteiger partial charge on any atom is 0.113 e. The van der Waals surface area contributed by atoms with E-state index in [9.17, 15) is 4.39 Å². The first-order valence-corrected chi connectivity index (χ1v) is 5.83. The summed E-state index contributed by atoms with van der Waals surface area (Å²) < 4.78 is 13.8. The molecule has 0 aliphatic heterocycles. The molecule has 0 bridgehead atoms. The van der Waals surface area contributed by atoms with Gasteiger partial charge in [0.15, 0.2) is 0 Å². The van der Waals surface area contributed by atoms with Gasteiger partial charge in [-0.1, -0.05) is 47.7 Å². The quantitative estimate of drug-likeness (QED) is 0.704. The normalized spacial score (nSPS) is 10.9. The van der Waals surface area contributed by atoms with Crippen molar-refractivity contribution in [3.8, 4) is 11.3 Å². The highest BCUT2D eigenvalue weighted by molar-refractivity contribution is 5.95. The Balaban J connectivity index is 2.12.